The predicted molar refractivity (Wildman–Crippen MR) is 82.7 cm³/mol. The van der Waals surface area contributed by atoms with Gasteiger partial charge in [-0.3, -0.25) is 14.5 Å². The van der Waals surface area contributed by atoms with Crippen LogP contribution in [-0.2, 0) is 11.3 Å². The molecular weight excluding hydrogens is 300 g/mol. The Morgan fingerprint density at radius 1 is 1.26 bits per heavy atom. The van der Waals surface area contributed by atoms with Crippen LogP contribution in [0.1, 0.15) is 13.8 Å². The SMILES string of the molecule is CC(C)C(=O)Cn1ncc2ncc(-c3cccc(F)c3F)cc21. The number of hydrogen-bond acceptors (Lipinski definition) is 3. The molecule has 4 nitrogen and oxygen atoms in total. The second-order valence-corrected chi connectivity index (χ2v) is 5.65. The Bertz CT molecular complexity index is 887. The molecule has 0 atom stereocenters. The molecule has 0 bridgehead atoms. The number of halogens is 2. The topological polar surface area (TPSA) is 47.8 Å². The molecule has 3 rings (SSSR count). The number of rotatable bonds is 4. The van der Waals surface area contributed by atoms with Crippen LogP contribution in [0.15, 0.2) is 36.7 Å². The summed E-state index contributed by atoms with van der Waals surface area (Å²) >= 11 is 0. The Morgan fingerprint density at radius 3 is 2.78 bits per heavy atom. The maximum Gasteiger partial charge on any atom is 0.166 e. The normalized spacial score (nSPS) is 11.3. The highest BCUT2D eigenvalue weighted by molar-refractivity contribution is 5.84. The lowest BCUT2D eigenvalue weighted by molar-refractivity contribution is -0.122. The molecule has 2 aromatic heterocycles. The monoisotopic (exact) mass is 315 g/mol. The molecule has 2 heterocycles. The van der Waals surface area contributed by atoms with Gasteiger partial charge < -0.3 is 0 Å². The van der Waals surface area contributed by atoms with E-state index in [0.29, 0.717) is 16.6 Å². The minimum atomic E-state index is -0.919. The van der Waals surface area contributed by atoms with Gasteiger partial charge in [0.1, 0.15) is 12.1 Å². The van der Waals surface area contributed by atoms with Gasteiger partial charge in [0.15, 0.2) is 17.4 Å². The zero-order valence-corrected chi connectivity index (χ0v) is 12.8. The van der Waals surface area contributed by atoms with Crippen LogP contribution in [0.3, 0.4) is 0 Å². The van der Waals surface area contributed by atoms with Crippen molar-refractivity contribution in [1.29, 1.82) is 0 Å². The maximum atomic E-state index is 14.0. The van der Waals surface area contributed by atoms with Crippen LogP contribution in [0.2, 0.25) is 0 Å². The van der Waals surface area contributed by atoms with Crippen molar-refractivity contribution in [2.24, 2.45) is 5.92 Å². The predicted octanol–water partition coefficient (Wildman–Crippen LogP) is 3.60. The molecule has 0 aliphatic rings. The van der Waals surface area contributed by atoms with E-state index in [1.807, 2.05) is 13.8 Å². The van der Waals surface area contributed by atoms with Crippen LogP contribution < -0.4 is 0 Å². The zero-order chi connectivity index (χ0) is 16.6. The number of nitrogens with zero attached hydrogens (tertiary/aromatic N) is 3. The molecule has 0 unspecified atom stereocenters. The Morgan fingerprint density at radius 2 is 2.04 bits per heavy atom. The molecule has 0 aliphatic carbocycles. The molecule has 0 saturated heterocycles. The number of carbonyl (C=O) groups is 1. The molecule has 0 fully saturated rings. The van der Waals surface area contributed by atoms with Gasteiger partial charge in [-0.2, -0.15) is 5.10 Å². The van der Waals surface area contributed by atoms with Crippen molar-refractivity contribution >= 4 is 16.8 Å². The van der Waals surface area contributed by atoms with Gasteiger partial charge in [-0.25, -0.2) is 8.78 Å². The van der Waals surface area contributed by atoms with Gasteiger partial charge in [-0.1, -0.05) is 26.0 Å². The van der Waals surface area contributed by atoms with Crippen LogP contribution in [0.4, 0.5) is 8.78 Å². The lowest BCUT2D eigenvalue weighted by Gasteiger charge is -2.07. The summed E-state index contributed by atoms with van der Waals surface area (Å²) in [4.78, 5) is 16.1. The Labute approximate surface area is 131 Å². The first kappa shape index (κ1) is 15.3. The molecular formula is C17H15F2N3O. The average molecular weight is 315 g/mol. The number of benzene rings is 1. The second-order valence-electron chi connectivity index (χ2n) is 5.65. The molecule has 1 aromatic carbocycles. The van der Waals surface area contributed by atoms with Crippen LogP contribution in [-0.4, -0.2) is 20.5 Å². The van der Waals surface area contributed by atoms with E-state index in [-0.39, 0.29) is 23.8 Å². The first-order valence-electron chi connectivity index (χ1n) is 7.26. The Balaban J connectivity index is 2.07. The highest BCUT2D eigenvalue weighted by Gasteiger charge is 2.14. The minimum absolute atomic E-state index is 0.0392. The van der Waals surface area contributed by atoms with Crippen molar-refractivity contribution < 1.29 is 13.6 Å². The van der Waals surface area contributed by atoms with Gasteiger partial charge in [0, 0.05) is 23.2 Å². The summed E-state index contributed by atoms with van der Waals surface area (Å²) in [6.07, 6.45) is 3.02. The van der Waals surface area contributed by atoms with Gasteiger partial charge in [0.2, 0.25) is 0 Å². The van der Waals surface area contributed by atoms with Crippen LogP contribution in [0, 0.1) is 17.6 Å². The molecule has 6 heteroatoms. The van der Waals surface area contributed by atoms with E-state index in [1.54, 1.807) is 12.3 Å². The molecule has 0 saturated carbocycles. The van der Waals surface area contributed by atoms with Crippen LogP contribution >= 0.6 is 0 Å². The second kappa shape index (κ2) is 5.87. The summed E-state index contributed by atoms with van der Waals surface area (Å²) in [7, 11) is 0. The zero-order valence-electron chi connectivity index (χ0n) is 12.8. The van der Waals surface area contributed by atoms with E-state index < -0.39 is 11.6 Å². The average Bonchev–Trinajstić information content (AvgIpc) is 2.92. The van der Waals surface area contributed by atoms with Crippen molar-refractivity contribution in [3.8, 4) is 11.1 Å². The molecule has 0 radical (unpaired) electrons. The molecule has 118 valence electrons. The summed E-state index contributed by atoms with van der Waals surface area (Å²) < 4.78 is 28.9. The van der Waals surface area contributed by atoms with E-state index in [0.717, 1.165) is 6.07 Å². The van der Waals surface area contributed by atoms with Gasteiger partial charge in [0.05, 0.1) is 11.7 Å². The molecule has 0 spiro atoms. The third-order valence-electron chi connectivity index (χ3n) is 3.71. The smallest absolute Gasteiger partial charge is 0.166 e. The highest BCUT2D eigenvalue weighted by Crippen LogP contribution is 2.26. The fourth-order valence-electron chi connectivity index (χ4n) is 2.29. The molecule has 0 aliphatic heterocycles. The first-order chi connectivity index (χ1) is 11.0. The summed E-state index contributed by atoms with van der Waals surface area (Å²) in [5.41, 5.74) is 1.78. The van der Waals surface area contributed by atoms with E-state index in [9.17, 15) is 13.6 Å². The van der Waals surface area contributed by atoms with E-state index >= 15 is 0 Å². The summed E-state index contributed by atoms with van der Waals surface area (Å²) in [5.74, 6) is -1.90. The van der Waals surface area contributed by atoms with E-state index in [2.05, 4.69) is 10.1 Å². The van der Waals surface area contributed by atoms with Crippen molar-refractivity contribution in [3.05, 3.63) is 48.3 Å². The van der Waals surface area contributed by atoms with E-state index in [1.165, 1.54) is 23.0 Å². The summed E-state index contributed by atoms with van der Waals surface area (Å²) in [6, 6.07) is 5.66. The number of Topliss-reactive ketones (excluding diaryl/α,β-unsaturated/α-hetero) is 1. The largest absolute Gasteiger partial charge is 0.297 e. The molecule has 0 N–H and O–H groups in total. The fraction of sp³-hybridized carbons (Fsp3) is 0.235. The fourth-order valence-corrected chi connectivity index (χ4v) is 2.29. The third kappa shape index (κ3) is 2.84. The third-order valence-corrected chi connectivity index (χ3v) is 3.71. The van der Waals surface area contributed by atoms with Gasteiger partial charge in [0.25, 0.3) is 0 Å². The first-order valence-corrected chi connectivity index (χ1v) is 7.26. The standard InChI is InChI=1S/C17H15F2N3O/c1-10(2)16(23)9-22-15-6-11(7-20-14(15)8-21-22)12-4-3-5-13(18)17(12)19/h3-8,10H,9H2,1-2H3. The molecule has 23 heavy (non-hydrogen) atoms. The van der Waals surface area contributed by atoms with Crippen molar-refractivity contribution in [2.75, 3.05) is 0 Å². The molecule has 0 amide bonds. The number of fused-ring (bicyclic) bond motifs is 1. The maximum absolute atomic E-state index is 14.0. The summed E-state index contributed by atoms with van der Waals surface area (Å²) in [5, 5.41) is 4.16. The van der Waals surface area contributed by atoms with Crippen molar-refractivity contribution in [2.45, 2.75) is 20.4 Å². The van der Waals surface area contributed by atoms with Crippen LogP contribution in [0.5, 0.6) is 0 Å². The van der Waals surface area contributed by atoms with E-state index in [4.69, 9.17) is 0 Å². The van der Waals surface area contributed by atoms with Crippen molar-refractivity contribution in [3.63, 3.8) is 0 Å². The summed E-state index contributed by atoms with van der Waals surface area (Å²) in [6.45, 7) is 3.76. The quantitative estimate of drug-likeness (QED) is 0.739. The molecule has 3 aromatic rings. The van der Waals surface area contributed by atoms with Gasteiger partial charge >= 0.3 is 0 Å². The number of aromatic nitrogens is 3. The van der Waals surface area contributed by atoms with Gasteiger partial charge in [-0.05, 0) is 12.1 Å². The van der Waals surface area contributed by atoms with Crippen molar-refractivity contribution in [1.82, 2.24) is 14.8 Å². The number of hydrogen-bond donors (Lipinski definition) is 0. The Hall–Kier alpha value is -2.63. The minimum Gasteiger partial charge on any atom is -0.297 e. The highest BCUT2D eigenvalue weighted by atomic mass is 19.2. The van der Waals surface area contributed by atoms with Gasteiger partial charge in [-0.15, -0.1) is 0 Å². The Kier molecular flexibility index (Phi) is 3.90. The lowest BCUT2D eigenvalue weighted by Crippen LogP contribution is -2.16. The number of ketones is 1. The number of carbonyl (C=O) groups excluding carboxylic acids is 1. The van der Waals surface area contributed by atoms with Crippen LogP contribution in [0.25, 0.3) is 22.2 Å². The number of pyridine rings is 1. The lowest BCUT2D eigenvalue weighted by atomic mass is 10.1.